The number of ether oxygens (including phenoxy) is 1. The summed E-state index contributed by atoms with van der Waals surface area (Å²) in [6, 6.07) is 6.15. The largest absolute Gasteiger partial charge is 0.380 e. The van der Waals surface area contributed by atoms with Crippen LogP contribution >= 0.6 is 11.6 Å². The summed E-state index contributed by atoms with van der Waals surface area (Å²) in [5.41, 5.74) is 2.44. The second kappa shape index (κ2) is 6.11. The maximum Gasteiger partial charge on any atom is 0.0661 e. The zero-order chi connectivity index (χ0) is 11.3. The lowest BCUT2D eigenvalue weighted by molar-refractivity contribution is 0.125. The molecule has 0 saturated carbocycles. The molecule has 0 heterocycles. The van der Waals surface area contributed by atoms with Crippen molar-refractivity contribution in [1.82, 2.24) is 5.32 Å². The molecular weight excluding hydrogens is 210 g/mol. The van der Waals surface area contributed by atoms with Crippen molar-refractivity contribution in [2.75, 3.05) is 20.3 Å². The Morgan fingerprint density at radius 2 is 2.20 bits per heavy atom. The van der Waals surface area contributed by atoms with E-state index in [1.165, 1.54) is 11.1 Å². The first kappa shape index (κ1) is 12.5. The van der Waals surface area contributed by atoms with Crippen molar-refractivity contribution in [3.8, 4) is 0 Å². The van der Waals surface area contributed by atoms with E-state index in [-0.39, 0.29) is 6.04 Å². The third kappa shape index (κ3) is 3.49. The molecule has 0 saturated heterocycles. The van der Waals surface area contributed by atoms with Gasteiger partial charge in [0.25, 0.3) is 0 Å². The van der Waals surface area contributed by atoms with E-state index in [9.17, 15) is 0 Å². The molecule has 1 rings (SSSR count). The van der Waals surface area contributed by atoms with Crippen LogP contribution in [0.2, 0.25) is 5.02 Å². The number of halogens is 1. The molecule has 3 heteroatoms. The minimum atomic E-state index is 0.212. The topological polar surface area (TPSA) is 21.3 Å². The lowest BCUT2D eigenvalue weighted by Crippen LogP contribution is -2.22. The van der Waals surface area contributed by atoms with Crippen LogP contribution in [0.1, 0.15) is 24.1 Å². The fourth-order valence-electron chi connectivity index (χ4n) is 1.55. The van der Waals surface area contributed by atoms with E-state index in [0.717, 1.165) is 11.6 Å². The zero-order valence-electron chi connectivity index (χ0n) is 9.51. The van der Waals surface area contributed by atoms with Crippen LogP contribution in [-0.2, 0) is 4.74 Å². The van der Waals surface area contributed by atoms with Crippen molar-refractivity contribution in [3.05, 3.63) is 34.3 Å². The van der Waals surface area contributed by atoms with E-state index >= 15 is 0 Å². The molecule has 84 valence electrons. The smallest absolute Gasteiger partial charge is 0.0661 e. The van der Waals surface area contributed by atoms with Gasteiger partial charge in [-0.25, -0.2) is 0 Å². The van der Waals surface area contributed by atoms with E-state index in [4.69, 9.17) is 16.3 Å². The molecule has 1 aromatic rings. The van der Waals surface area contributed by atoms with Gasteiger partial charge in [-0.1, -0.05) is 17.7 Å². The number of nitrogens with one attached hydrogen (secondary N) is 1. The number of benzene rings is 1. The van der Waals surface area contributed by atoms with E-state index in [1.54, 1.807) is 0 Å². The summed E-state index contributed by atoms with van der Waals surface area (Å²) in [4.78, 5) is 0. The van der Waals surface area contributed by atoms with Crippen LogP contribution in [-0.4, -0.2) is 20.3 Å². The zero-order valence-corrected chi connectivity index (χ0v) is 10.3. The Hall–Kier alpha value is -0.570. The molecule has 1 atom stereocenters. The first-order valence-corrected chi connectivity index (χ1v) is 5.58. The Morgan fingerprint density at radius 1 is 1.47 bits per heavy atom. The average Bonchev–Trinajstić information content (AvgIpc) is 2.24. The first-order chi connectivity index (χ1) is 7.19. The molecule has 0 aliphatic carbocycles. The van der Waals surface area contributed by atoms with E-state index < -0.39 is 0 Å². The van der Waals surface area contributed by atoms with Gasteiger partial charge in [-0.05, 0) is 44.2 Å². The number of hydrogen-bond donors (Lipinski definition) is 1. The second-order valence-electron chi connectivity index (χ2n) is 3.50. The lowest BCUT2D eigenvalue weighted by Gasteiger charge is -2.18. The third-order valence-electron chi connectivity index (χ3n) is 2.45. The van der Waals surface area contributed by atoms with Gasteiger partial charge < -0.3 is 10.1 Å². The van der Waals surface area contributed by atoms with E-state index in [2.05, 4.69) is 12.2 Å². The molecule has 0 fully saturated rings. The Bertz CT molecular complexity index is 314. The molecule has 0 amide bonds. The van der Waals surface area contributed by atoms with Crippen molar-refractivity contribution >= 4 is 11.6 Å². The van der Waals surface area contributed by atoms with Crippen molar-refractivity contribution in [2.45, 2.75) is 19.9 Å². The van der Waals surface area contributed by atoms with Crippen LogP contribution in [0.5, 0.6) is 0 Å². The van der Waals surface area contributed by atoms with Gasteiger partial charge in [0.05, 0.1) is 12.6 Å². The summed E-state index contributed by atoms with van der Waals surface area (Å²) in [5, 5.41) is 4.01. The third-order valence-corrected chi connectivity index (χ3v) is 2.69. The highest BCUT2D eigenvalue weighted by atomic mass is 35.5. The van der Waals surface area contributed by atoms with E-state index in [0.29, 0.717) is 6.61 Å². The number of likely N-dealkylation sites (N-methyl/N-ethyl adjacent to an activating group) is 1. The Balaban J connectivity index is 2.85. The average molecular weight is 228 g/mol. The van der Waals surface area contributed by atoms with E-state index in [1.807, 2.05) is 32.2 Å². The van der Waals surface area contributed by atoms with Gasteiger partial charge in [-0.3, -0.25) is 0 Å². The van der Waals surface area contributed by atoms with Gasteiger partial charge in [0.1, 0.15) is 0 Å². The van der Waals surface area contributed by atoms with Crippen LogP contribution in [0.4, 0.5) is 0 Å². The van der Waals surface area contributed by atoms with Crippen molar-refractivity contribution in [1.29, 1.82) is 0 Å². The molecule has 0 spiro atoms. The molecule has 0 aliphatic rings. The molecule has 0 radical (unpaired) electrons. The normalized spacial score (nSPS) is 12.8. The molecule has 15 heavy (non-hydrogen) atoms. The monoisotopic (exact) mass is 227 g/mol. The Kier molecular flexibility index (Phi) is 5.09. The van der Waals surface area contributed by atoms with Gasteiger partial charge in [-0.15, -0.1) is 0 Å². The van der Waals surface area contributed by atoms with Crippen LogP contribution in [0, 0.1) is 6.92 Å². The molecule has 2 nitrogen and oxygen atoms in total. The fourth-order valence-corrected chi connectivity index (χ4v) is 1.73. The summed E-state index contributed by atoms with van der Waals surface area (Å²) < 4.78 is 5.43. The minimum Gasteiger partial charge on any atom is -0.380 e. The summed E-state index contributed by atoms with van der Waals surface area (Å²) in [6.45, 7) is 5.49. The van der Waals surface area contributed by atoms with Crippen LogP contribution < -0.4 is 5.32 Å². The van der Waals surface area contributed by atoms with Crippen molar-refractivity contribution in [2.24, 2.45) is 0 Å². The number of rotatable bonds is 5. The maximum absolute atomic E-state index is 5.98. The number of hydrogen-bond acceptors (Lipinski definition) is 2. The molecule has 0 bridgehead atoms. The summed E-state index contributed by atoms with van der Waals surface area (Å²) in [6.07, 6.45) is 0. The highest BCUT2D eigenvalue weighted by Gasteiger charge is 2.11. The van der Waals surface area contributed by atoms with Crippen molar-refractivity contribution in [3.63, 3.8) is 0 Å². The summed E-state index contributed by atoms with van der Waals surface area (Å²) in [7, 11) is 1.93. The molecule has 0 aliphatic heterocycles. The first-order valence-electron chi connectivity index (χ1n) is 5.20. The molecule has 1 unspecified atom stereocenters. The predicted molar refractivity (Wildman–Crippen MR) is 64.5 cm³/mol. The molecule has 0 aromatic heterocycles. The predicted octanol–water partition coefficient (Wildman–Crippen LogP) is 2.95. The fraction of sp³-hybridized carbons (Fsp3) is 0.500. The van der Waals surface area contributed by atoms with Crippen LogP contribution in [0.25, 0.3) is 0 Å². The number of aryl methyl sites for hydroxylation is 1. The Morgan fingerprint density at radius 3 is 2.80 bits per heavy atom. The highest BCUT2D eigenvalue weighted by Crippen LogP contribution is 2.22. The second-order valence-corrected chi connectivity index (χ2v) is 3.94. The standard InChI is InChI=1S/C12H18ClNO/c1-4-15-8-12(14-3)11-7-10(13)6-5-9(11)2/h5-7,12,14H,4,8H2,1-3H3. The molecular formula is C12H18ClNO. The summed E-state index contributed by atoms with van der Waals surface area (Å²) in [5.74, 6) is 0. The van der Waals surface area contributed by atoms with Gasteiger partial charge in [0.2, 0.25) is 0 Å². The minimum absolute atomic E-state index is 0.212. The Labute approximate surface area is 96.6 Å². The maximum atomic E-state index is 5.98. The molecule has 1 aromatic carbocycles. The lowest BCUT2D eigenvalue weighted by atomic mass is 10.0. The van der Waals surface area contributed by atoms with Gasteiger partial charge in [0.15, 0.2) is 0 Å². The van der Waals surface area contributed by atoms with Gasteiger partial charge >= 0.3 is 0 Å². The van der Waals surface area contributed by atoms with Crippen molar-refractivity contribution < 1.29 is 4.74 Å². The van der Waals surface area contributed by atoms with Crippen LogP contribution in [0.3, 0.4) is 0 Å². The SMILES string of the molecule is CCOCC(NC)c1cc(Cl)ccc1C. The van der Waals surface area contributed by atoms with Gasteiger partial charge in [0, 0.05) is 11.6 Å². The summed E-state index contributed by atoms with van der Waals surface area (Å²) >= 11 is 5.98. The quantitative estimate of drug-likeness (QED) is 0.835. The highest BCUT2D eigenvalue weighted by molar-refractivity contribution is 6.30. The van der Waals surface area contributed by atoms with Crippen LogP contribution in [0.15, 0.2) is 18.2 Å². The van der Waals surface area contributed by atoms with Gasteiger partial charge in [-0.2, -0.15) is 0 Å². The molecule has 1 N–H and O–H groups in total.